The third-order valence-corrected chi connectivity index (χ3v) is 2.54. The van der Waals surface area contributed by atoms with Crippen molar-refractivity contribution in [3.63, 3.8) is 0 Å². The monoisotopic (exact) mass is 259 g/mol. The van der Waals surface area contributed by atoms with Gasteiger partial charge in [-0.15, -0.1) is 0 Å². The molecule has 0 bridgehead atoms. The van der Waals surface area contributed by atoms with Gasteiger partial charge in [-0.2, -0.15) is 0 Å². The van der Waals surface area contributed by atoms with E-state index in [4.69, 9.17) is 10.2 Å². The van der Waals surface area contributed by atoms with Crippen molar-refractivity contribution in [2.75, 3.05) is 0 Å². The van der Waals surface area contributed by atoms with Crippen molar-refractivity contribution in [1.82, 2.24) is 5.32 Å². The quantitative estimate of drug-likeness (QED) is 0.514. The number of carbonyl (C=O) groups is 3. The lowest BCUT2D eigenvalue weighted by Crippen LogP contribution is -2.41. The van der Waals surface area contributed by atoms with Crippen molar-refractivity contribution in [3.8, 4) is 0 Å². The van der Waals surface area contributed by atoms with Gasteiger partial charge in [0, 0.05) is 12.8 Å². The van der Waals surface area contributed by atoms with E-state index in [1.165, 1.54) is 0 Å². The van der Waals surface area contributed by atoms with Crippen molar-refractivity contribution in [2.45, 2.75) is 57.9 Å². The highest BCUT2D eigenvalue weighted by Crippen LogP contribution is 2.04. The van der Waals surface area contributed by atoms with Crippen LogP contribution in [0.15, 0.2) is 0 Å². The summed E-state index contributed by atoms with van der Waals surface area (Å²) in [5.74, 6) is -2.60. The van der Waals surface area contributed by atoms with Crippen LogP contribution in [0.3, 0.4) is 0 Å². The Balaban J connectivity index is 3.96. The molecule has 0 aliphatic heterocycles. The zero-order chi connectivity index (χ0) is 14.0. The van der Waals surface area contributed by atoms with Gasteiger partial charge in [-0.05, 0) is 12.8 Å². The Labute approximate surface area is 106 Å². The molecule has 1 amide bonds. The highest BCUT2D eigenvalue weighted by molar-refractivity contribution is 5.83. The SMILES string of the molecule is CCCCCCC(=O)N[C@@H](CCC(=O)O)C(=O)O. The topological polar surface area (TPSA) is 104 Å². The molecule has 0 fully saturated rings. The Kier molecular flexibility index (Phi) is 8.61. The van der Waals surface area contributed by atoms with E-state index in [0.29, 0.717) is 0 Å². The van der Waals surface area contributed by atoms with Crippen molar-refractivity contribution in [1.29, 1.82) is 0 Å². The van der Waals surface area contributed by atoms with E-state index in [1.54, 1.807) is 0 Å². The summed E-state index contributed by atoms with van der Waals surface area (Å²) in [7, 11) is 0. The molecule has 0 saturated heterocycles. The molecule has 0 aromatic carbocycles. The van der Waals surface area contributed by atoms with E-state index in [2.05, 4.69) is 12.2 Å². The minimum atomic E-state index is -1.20. The molecule has 0 rings (SSSR count). The smallest absolute Gasteiger partial charge is 0.326 e. The lowest BCUT2D eigenvalue weighted by molar-refractivity contribution is -0.143. The summed E-state index contributed by atoms with van der Waals surface area (Å²) in [6.07, 6.45) is 3.71. The fourth-order valence-electron chi connectivity index (χ4n) is 1.50. The fourth-order valence-corrected chi connectivity index (χ4v) is 1.50. The number of carboxylic acids is 2. The van der Waals surface area contributed by atoms with Crippen molar-refractivity contribution in [3.05, 3.63) is 0 Å². The number of hydrogen-bond donors (Lipinski definition) is 3. The number of unbranched alkanes of at least 4 members (excludes halogenated alkanes) is 3. The maximum atomic E-state index is 11.4. The van der Waals surface area contributed by atoms with Crippen LogP contribution in [-0.2, 0) is 14.4 Å². The third-order valence-electron chi connectivity index (χ3n) is 2.54. The van der Waals surface area contributed by atoms with Crippen molar-refractivity contribution in [2.24, 2.45) is 0 Å². The number of amides is 1. The van der Waals surface area contributed by atoms with Gasteiger partial charge in [0.15, 0.2) is 0 Å². The number of rotatable bonds is 10. The first kappa shape index (κ1) is 16.4. The molecule has 0 aromatic rings. The summed E-state index contributed by atoms with van der Waals surface area (Å²) >= 11 is 0. The molecule has 104 valence electrons. The summed E-state index contributed by atoms with van der Waals surface area (Å²) < 4.78 is 0. The number of carboxylic acid groups (broad SMARTS) is 2. The summed E-state index contributed by atoms with van der Waals surface area (Å²) in [6.45, 7) is 2.06. The fraction of sp³-hybridized carbons (Fsp3) is 0.750. The molecule has 0 aromatic heterocycles. The number of hydrogen-bond acceptors (Lipinski definition) is 3. The molecule has 0 aliphatic rings. The second kappa shape index (κ2) is 9.44. The molecular formula is C12H21NO5. The molecule has 18 heavy (non-hydrogen) atoms. The Bertz CT molecular complexity index is 290. The van der Waals surface area contributed by atoms with Gasteiger partial charge in [0.05, 0.1) is 0 Å². The average Bonchev–Trinajstić information content (AvgIpc) is 2.29. The minimum absolute atomic E-state index is 0.0919. The molecular weight excluding hydrogens is 238 g/mol. The first-order valence-electron chi connectivity index (χ1n) is 6.21. The van der Waals surface area contributed by atoms with Gasteiger partial charge in [0.2, 0.25) is 5.91 Å². The Hall–Kier alpha value is -1.59. The maximum Gasteiger partial charge on any atom is 0.326 e. The highest BCUT2D eigenvalue weighted by Gasteiger charge is 2.20. The van der Waals surface area contributed by atoms with Gasteiger partial charge in [-0.25, -0.2) is 4.79 Å². The highest BCUT2D eigenvalue weighted by atomic mass is 16.4. The molecule has 6 nitrogen and oxygen atoms in total. The molecule has 0 unspecified atom stereocenters. The van der Waals surface area contributed by atoms with Gasteiger partial charge < -0.3 is 15.5 Å². The van der Waals surface area contributed by atoms with Crippen LogP contribution in [0.25, 0.3) is 0 Å². The summed E-state index contributed by atoms with van der Waals surface area (Å²) in [5.41, 5.74) is 0. The number of aliphatic carboxylic acids is 2. The van der Waals surface area contributed by atoms with E-state index in [-0.39, 0.29) is 25.2 Å². The first-order chi connectivity index (χ1) is 8.47. The van der Waals surface area contributed by atoms with Crippen LogP contribution in [-0.4, -0.2) is 34.1 Å². The molecule has 0 saturated carbocycles. The molecule has 3 N–H and O–H groups in total. The average molecular weight is 259 g/mol. The molecule has 0 spiro atoms. The third kappa shape index (κ3) is 8.55. The van der Waals surface area contributed by atoms with Crippen LogP contribution in [0.4, 0.5) is 0 Å². The van der Waals surface area contributed by atoms with Crippen molar-refractivity contribution >= 4 is 17.8 Å². The molecule has 0 aliphatic carbocycles. The van der Waals surface area contributed by atoms with Crippen LogP contribution in [0.1, 0.15) is 51.9 Å². The van der Waals surface area contributed by atoms with Gasteiger partial charge in [0.1, 0.15) is 6.04 Å². The van der Waals surface area contributed by atoms with Crippen LogP contribution in [0, 0.1) is 0 Å². The van der Waals surface area contributed by atoms with E-state index < -0.39 is 18.0 Å². The zero-order valence-corrected chi connectivity index (χ0v) is 10.6. The zero-order valence-electron chi connectivity index (χ0n) is 10.6. The molecule has 0 radical (unpaired) electrons. The van der Waals surface area contributed by atoms with Gasteiger partial charge in [-0.3, -0.25) is 9.59 Å². The van der Waals surface area contributed by atoms with Gasteiger partial charge in [-0.1, -0.05) is 26.2 Å². The normalized spacial score (nSPS) is 11.8. The minimum Gasteiger partial charge on any atom is -0.481 e. The summed E-state index contributed by atoms with van der Waals surface area (Å²) in [5, 5.41) is 19.7. The lowest BCUT2D eigenvalue weighted by atomic mass is 10.1. The van der Waals surface area contributed by atoms with Crippen LogP contribution in [0.5, 0.6) is 0 Å². The predicted octanol–water partition coefficient (Wildman–Crippen LogP) is 1.39. The maximum absolute atomic E-state index is 11.4. The lowest BCUT2D eigenvalue weighted by Gasteiger charge is -2.13. The van der Waals surface area contributed by atoms with E-state index in [9.17, 15) is 14.4 Å². The Morgan fingerprint density at radius 3 is 2.22 bits per heavy atom. The molecule has 0 heterocycles. The first-order valence-corrected chi connectivity index (χ1v) is 6.21. The van der Waals surface area contributed by atoms with Crippen LogP contribution in [0.2, 0.25) is 0 Å². The van der Waals surface area contributed by atoms with E-state index >= 15 is 0 Å². The summed E-state index contributed by atoms with van der Waals surface area (Å²) in [6, 6.07) is -1.11. The second-order valence-electron chi connectivity index (χ2n) is 4.20. The van der Waals surface area contributed by atoms with Gasteiger partial charge in [0.25, 0.3) is 0 Å². The number of carbonyl (C=O) groups excluding carboxylic acids is 1. The van der Waals surface area contributed by atoms with Crippen LogP contribution < -0.4 is 5.32 Å². The second-order valence-corrected chi connectivity index (χ2v) is 4.20. The summed E-state index contributed by atoms with van der Waals surface area (Å²) in [4.78, 5) is 32.6. The van der Waals surface area contributed by atoms with E-state index in [0.717, 1.165) is 25.7 Å². The Morgan fingerprint density at radius 1 is 1.06 bits per heavy atom. The van der Waals surface area contributed by atoms with Gasteiger partial charge >= 0.3 is 11.9 Å². The molecule has 6 heteroatoms. The Morgan fingerprint density at radius 2 is 1.72 bits per heavy atom. The number of nitrogens with one attached hydrogen (secondary N) is 1. The largest absolute Gasteiger partial charge is 0.481 e. The van der Waals surface area contributed by atoms with E-state index in [1.807, 2.05) is 0 Å². The molecule has 1 atom stereocenters. The standard InChI is InChI=1S/C12H21NO5/c1-2-3-4-5-6-10(14)13-9(12(17)18)7-8-11(15)16/h9H,2-8H2,1H3,(H,13,14)(H,15,16)(H,17,18)/t9-/m0/s1. The predicted molar refractivity (Wildman–Crippen MR) is 65.2 cm³/mol. The van der Waals surface area contributed by atoms with Crippen LogP contribution >= 0.6 is 0 Å². The van der Waals surface area contributed by atoms with Crippen molar-refractivity contribution < 1.29 is 24.6 Å².